The highest BCUT2D eigenvalue weighted by molar-refractivity contribution is 8.00. The van der Waals surface area contributed by atoms with Crippen LogP contribution in [-0.4, -0.2) is 57.2 Å². The summed E-state index contributed by atoms with van der Waals surface area (Å²) in [5, 5.41) is 9.17. The van der Waals surface area contributed by atoms with E-state index in [1.807, 2.05) is 18.7 Å². The van der Waals surface area contributed by atoms with Crippen molar-refractivity contribution < 1.29 is 14.7 Å². The lowest BCUT2D eigenvalue weighted by molar-refractivity contribution is -0.141. The van der Waals surface area contributed by atoms with Crippen LogP contribution in [0.5, 0.6) is 0 Å². The molecule has 1 heterocycles. The van der Waals surface area contributed by atoms with Gasteiger partial charge in [-0.25, -0.2) is 9.59 Å². The molecule has 2 fully saturated rings. The summed E-state index contributed by atoms with van der Waals surface area (Å²) >= 11 is 1.53. The highest BCUT2D eigenvalue weighted by atomic mass is 32.2. The highest BCUT2D eigenvalue weighted by Crippen LogP contribution is 2.31. The van der Waals surface area contributed by atoms with Gasteiger partial charge in [0.05, 0.1) is 5.37 Å². The lowest BCUT2D eigenvalue weighted by atomic mass is 9.85. The van der Waals surface area contributed by atoms with Crippen molar-refractivity contribution in [1.29, 1.82) is 0 Å². The number of urea groups is 1. The zero-order valence-electron chi connectivity index (χ0n) is 11.5. The molecule has 2 aliphatic rings. The second kappa shape index (κ2) is 6.03. The van der Waals surface area contributed by atoms with Gasteiger partial charge < -0.3 is 10.0 Å². The predicted octanol–water partition coefficient (Wildman–Crippen LogP) is 2.08. The van der Waals surface area contributed by atoms with E-state index in [1.165, 1.54) is 35.9 Å². The van der Waals surface area contributed by atoms with E-state index in [0.29, 0.717) is 18.2 Å². The molecule has 1 aliphatic carbocycles. The molecule has 1 saturated heterocycles. The molecule has 0 aromatic rings. The fourth-order valence-electron chi connectivity index (χ4n) is 2.62. The van der Waals surface area contributed by atoms with Crippen molar-refractivity contribution in [2.45, 2.75) is 44.5 Å². The summed E-state index contributed by atoms with van der Waals surface area (Å²) < 4.78 is 0. The van der Waals surface area contributed by atoms with E-state index in [1.54, 1.807) is 0 Å². The number of rotatable bonds is 4. The van der Waals surface area contributed by atoms with Gasteiger partial charge in [0.2, 0.25) is 0 Å². The minimum Gasteiger partial charge on any atom is -0.480 e. The van der Waals surface area contributed by atoms with Gasteiger partial charge in [0.1, 0.15) is 6.04 Å². The van der Waals surface area contributed by atoms with Crippen molar-refractivity contribution in [1.82, 2.24) is 9.80 Å². The lowest BCUT2D eigenvalue weighted by Gasteiger charge is -2.36. The Hall–Kier alpha value is -0.910. The number of carbonyl (C=O) groups excluding carboxylic acids is 1. The number of hydrogen-bond acceptors (Lipinski definition) is 3. The summed E-state index contributed by atoms with van der Waals surface area (Å²) in [4.78, 5) is 27.1. The van der Waals surface area contributed by atoms with Gasteiger partial charge in [0.15, 0.2) is 0 Å². The lowest BCUT2D eigenvalue weighted by Crippen LogP contribution is -2.52. The van der Waals surface area contributed by atoms with E-state index in [2.05, 4.69) is 0 Å². The number of carbonyl (C=O) groups is 2. The van der Waals surface area contributed by atoms with E-state index in [0.717, 1.165) is 6.54 Å². The average Bonchev–Trinajstić information content (AvgIpc) is 2.69. The van der Waals surface area contributed by atoms with Crippen molar-refractivity contribution in [2.24, 2.45) is 5.92 Å². The first-order valence-electron chi connectivity index (χ1n) is 6.96. The van der Waals surface area contributed by atoms with E-state index >= 15 is 0 Å². The number of aliphatic carboxylic acids is 1. The van der Waals surface area contributed by atoms with Gasteiger partial charge in [-0.1, -0.05) is 6.42 Å². The number of thioether (sulfide) groups is 1. The fourth-order valence-corrected chi connectivity index (χ4v) is 3.78. The van der Waals surface area contributed by atoms with Crippen LogP contribution >= 0.6 is 11.8 Å². The number of amides is 2. The van der Waals surface area contributed by atoms with Crippen LogP contribution in [0.15, 0.2) is 0 Å². The monoisotopic (exact) mass is 286 g/mol. The predicted molar refractivity (Wildman–Crippen MR) is 75.2 cm³/mol. The smallest absolute Gasteiger partial charge is 0.327 e. The van der Waals surface area contributed by atoms with Crippen molar-refractivity contribution in [3.8, 4) is 0 Å². The molecule has 1 aliphatic heterocycles. The average molecular weight is 286 g/mol. The number of carboxylic acid groups (broad SMARTS) is 1. The molecule has 108 valence electrons. The second-order valence-corrected chi connectivity index (χ2v) is 6.66. The number of nitrogens with zero attached hydrogens (tertiary/aromatic N) is 2. The molecule has 0 aromatic heterocycles. The van der Waals surface area contributed by atoms with Crippen LogP contribution in [0.3, 0.4) is 0 Å². The van der Waals surface area contributed by atoms with Gasteiger partial charge >= 0.3 is 12.0 Å². The van der Waals surface area contributed by atoms with Crippen LogP contribution < -0.4 is 0 Å². The van der Waals surface area contributed by atoms with Gasteiger partial charge in [-0.3, -0.25) is 4.90 Å². The van der Waals surface area contributed by atoms with Gasteiger partial charge in [-0.15, -0.1) is 11.8 Å². The molecule has 6 heteroatoms. The Balaban J connectivity index is 2.03. The molecule has 1 N–H and O–H groups in total. The normalized spacial score (nSPS) is 27.2. The maximum atomic E-state index is 12.6. The van der Waals surface area contributed by atoms with E-state index in [4.69, 9.17) is 0 Å². The Labute approximate surface area is 118 Å². The van der Waals surface area contributed by atoms with Crippen LogP contribution in [0.4, 0.5) is 4.79 Å². The minimum atomic E-state index is -0.898. The molecular formula is C13H22N2O3S. The van der Waals surface area contributed by atoms with Crippen LogP contribution in [0, 0.1) is 5.92 Å². The molecule has 0 bridgehead atoms. The largest absolute Gasteiger partial charge is 0.480 e. The maximum Gasteiger partial charge on any atom is 0.327 e. The Kier molecular flexibility index (Phi) is 4.60. The van der Waals surface area contributed by atoms with Crippen LogP contribution in [0.1, 0.15) is 33.1 Å². The fraction of sp³-hybridized carbons (Fsp3) is 0.846. The van der Waals surface area contributed by atoms with Gasteiger partial charge in [0, 0.05) is 18.8 Å². The molecule has 2 unspecified atom stereocenters. The van der Waals surface area contributed by atoms with Crippen molar-refractivity contribution in [3.63, 3.8) is 0 Å². The summed E-state index contributed by atoms with van der Waals surface area (Å²) in [5.41, 5.74) is 0. The standard InChI is InChI=1S/C13H22N2O3S/c1-3-14(7-10-5-4-6-10)13(18)15-9(2)19-8-11(15)12(16)17/h9-11H,3-8H2,1-2H3,(H,16,17). The molecule has 5 nitrogen and oxygen atoms in total. The van der Waals surface area contributed by atoms with E-state index < -0.39 is 12.0 Å². The summed E-state index contributed by atoms with van der Waals surface area (Å²) in [7, 11) is 0. The summed E-state index contributed by atoms with van der Waals surface area (Å²) in [6, 6.07) is -0.790. The van der Waals surface area contributed by atoms with Crippen LogP contribution in [0.25, 0.3) is 0 Å². The second-order valence-electron chi connectivity index (χ2n) is 5.31. The summed E-state index contributed by atoms with van der Waals surface area (Å²) in [6.07, 6.45) is 3.64. The first-order chi connectivity index (χ1) is 9.04. The van der Waals surface area contributed by atoms with E-state index in [-0.39, 0.29) is 11.4 Å². The third-order valence-electron chi connectivity index (χ3n) is 4.08. The number of carboxylic acids is 1. The molecule has 2 rings (SSSR count). The molecule has 0 spiro atoms. The Morgan fingerprint density at radius 1 is 1.42 bits per heavy atom. The highest BCUT2D eigenvalue weighted by Gasteiger charge is 2.41. The Morgan fingerprint density at radius 2 is 2.11 bits per heavy atom. The van der Waals surface area contributed by atoms with Gasteiger partial charge in [0.25, 0.3) is 0 Å². The minimum absolute atomic E-state index is 0.0518. The summed E-state index contributed by atoms with van der Waals surface area (Å²) in [6.45, 7) is 5.29. The third-order valence-corrected chi connectivity index (χ3v) is 5.30. The first-order valence-corrected chi connectivity index (χ1v) is 8.01. The quantitative estimate of drug-likeness (QED) is 0.859. The van der Waals surface area contributed by atoms with Gasteiger partial charge in [-0.05, 0) is 32.6 Å². The SMILES string of the molecule is CCN(CC1CCC1)C(=O)N1C(C)SCC1C(=O)O. The van der Waals surface area contributed by atoms with E-state index in [9.17, 15) is 14.7 Å². The Morgan fingerprint density at radius 3 is 2.58 bits per heavy atom. The first kappa shape index (κ1) is 14.5. The van der Waals surface area contributed by atoms with Crippen LogP contribution in [0.2, 0.25) is 0 Å². The van der Waals surface area contributed by atoms with Crippen LogP contribution in [-0.2, 0) is 4.79 Å². The molecule has 0 aromatic carbocycles. The zero-order valence-corrected chi connectivity index (χ0v) is 12.4. The molecular weight excluding hydrogens is 264 g/mol. The molecule has 2 atom stereocenters. The summed E-state index contributed by atoms with van der Waals surface area (Å²) in [5.74, 6) is 0.200. The molecule has 1 saturated carbocycles. The maximum absolute atomic E-state index is 12.6. The van der Waals surface area contributed by atoms with Crippen molar-refractivity contribution >= 4 is 23.8 Å². The van der Waals surface area contributed by atoms with Gasteiger partial charge in [-0.2, -0.15) is 0 Å². The zero-order chi connectivity index (χ0) is 14.0. The number of hydrogen-bond donors (Lipinski definition) is 1. The third kappa shape index (κ3) is 2.99. The molecule has 2 amide bonds. The van der Waals surface area contributed by atoms with Crippen molar-refractivity contribution in [2.75, 3.05) is 18.8 Å². The molecule has 0 radical (unpaired) electrons. The Bertz CT molecular complexity index is 360. The molecule has 19 heavy (non-hydrogen) atoms. The van der Waals surface area contributed by atoms with Crippen molar-refractivity contribution in [3.05, 3.63) is 0 Å². The topological polar surface area (TPSA) is 60.9 Å².